The molecule has 1 aliphatic heterocycles. The molecule has 17 heavy (non-hydrogen) atoms. The number of fused-ring (bicyclic) bond motifs is 1. The van der Waals surface area contributed by atoms with E-state index in [-0.39, 0.29) is 6.61 Å². The average Bonchev–Trinajstić information content (AvgIpc) is 2.60. The first-order chi connectivity index (χ1) is 8.36. The lowest BCUT2D eigenvalue weighted by atomic mass is 10.1. The molecule has 1 heterocycles. The Labute approximate surface area is 101 Å². The van der Waals surface area contributed by atoms with E-state index in [1.807, 2.05) is 12.1 Å². The summed E-state index contributed by atoms with van der Waals surface area (Å²) in [6.07, 6.45) is 2.30. The molecule has 94 valence electrons. The molecule has 0 unspecified atom stereocenters. The second-order valence-corrected chi connectivity index (χ2v) is 3.95. The quantitative estimate of drug-likeness (QED) is 0.868. The number of aliphatic hydroxyl groups excluding tert-OH is 1. The lowest BCUT2D eigenvalue weighted by Crippen LogP contribution is -2.01. The zero-order valence-electron chi connectivity index (χ0n) is 10.1. The molecule has 1 N–H and O–H groups in total. The number of hydrogen-bond donors (Lipinski definition) is 1. The molecule has 0 aliphatic carbocycles. The summed E-state index contributed by atoms with van der Waals surface area (Å²) in [4.78, 5) is 0. The Hall–Kier alpha value is -1.42. The predicted molar refractivity (Wildman–Crippen MR) is 64.0 cm³/mol. The van der Waals surface area contributed by atoms with Gasteiger partial charge in [0.05, 0.1) is 20.3 Å². The third-order valence-corrected chi connectivity index (χ3v) is 2.78. The van der Waals surface area contributed by atoms with Crippen molar-refractivity contribution in [3.05, 3.63) is 17.7 Å². The Morgan fingerprint density at radius 2 is 2.12 bits per heavy atom. The van der Waals surface area contributed by atoms with Gasteiger partial charge in [0.15, 0.2) is 11.5 Å². The van der Waals surface area contributed by atoms with E-state index >= 15 is 0 Å². The lowest BCUT2D eigenvalue weighted by Gasteiger charge is -2.15. The molecular weight excluding hydrogens is 220 g/mol. The Bertz CT molecular complexity index is 376. The van der Waals surface area contributed by atoms with Crippen LogP contribution in [-0.4, -0.2) is 32.0 Å². The summed E-state index contributed by atoms with van der Waals surface area (Å²) >= 11 is 0. The molecule has 0 atom stereocenters. The van der Waals surface area contributed by atoms with E-state index in [1.165, 1.54) is 0 Å². The van der Waals surface area contributed by atoms with Crippen LogP contribution in [0.1, 0.15) is 18.4 Å². The van der Waals surface area contributed by atoms with Crippen molar-refractivity contribution in [1.29, 1.82) is 0 Å². The van der Waals surface area contributed by atoms with E-state index in [2.05, 4.69) is 0 Å². The van der Waals surface area contributed by atoms with Gasteiger partial charge >= 0.3 is 0 Å². The van der Waals surface area contributed by atoms with Crippen molar-refractivity contribution < 1.29 is 19.3 Å². The van der Waals surface area contributed by atoms with Crippen LogP contribution in [0.15, 0.2) is 12.1 Å². The summed E-state index contributed by atoms with van der Waals surface area (Å²) in [5, 5.41) is 8.94. The Balaban J connectivity index is 2.36. The number of ether oxygens (including phenoxy) is 3. The van der Waals surface area contributed by atoms with Gasteiger partial charge in [-0.1, -0.05) is 0 Å². The number of aliphatic hydroxyl groups is 1. The molecular formula is C13H18O4. The maximum Gasteiger partial charge on any atom is 0.168 e. The normalized spacial score (nSPS) is 14.2. The molecule has 1 aliphatic rings. The minimum absolute atomic E-state index is 0.160. The van der Waals surface area contributed by atoms with Crippen molar-refractivity contribution in [1.82, 2.24) is 0 Å². The molecule has 1 aromatic rings. The van der Waals surface area contributed by atoms with Crippen molar-refractivity contribution in [2.45, 2.75) is 19.3 Å². The van der Waals surface area contributed by atoms with E-state index in [0.29, 0.717) is 19.6 Å². The minimum atomic E-state index is 0.160. The van der Waals surface area contributed by atoms with E-state index in [9.17, 15) is 0 Å². The average molecular weight is 238 g/mol. The van der Waals surface area contributed by atoms with Crippen LogP contribution in [0.5, 0.6) is 17.2 Å². The highest BCUT2D eigenvalue weighted by atomic mass is 16.5. The van der Waals surface area contributed by atoms with Gasteiger partial charge in [0, 0.05) is 18.6 Å². The minimum Gasteiger partial charge on any atom is -0.496 e. The second kappa shape index (κ2) is 5.77. The van der Waals surface area contributed by atoms with Crippen LogP contribution < -0.4 is 14.2 Å². The van der Waals surface area contributed by atoms with Crippen LogP contribution in [-0.2, 0) is 6.42 Å². The Morgan fingerprint density at radius 1 is 1.29 bits per heavy atom. The van der Waals surface area contributed by atoms with E-state index in [1.54, 1.807) is 7.11 Å². The summed E-state index contributed by atoms with van der Waals surface area (Å²) in [6, 6.07) is 3.77. The fourth-order valence-electron chi connectivity index (χ4n) is 1.96. The molecule has 0 saturated heterocycles. The van der Waals surface area contributed by atoms with E-state index in [0.717, 1.165) is 35.7 Å². The molecule has 0 aromatic heterocycles. The summed E-state index contributed by atoms with van der Waals surface area (Å²) in [6.45, 7) is 1.50. The Kier molecular flexibility index (Phi) is 4.09. The second-order valence-electron chi connectivity index (χ2n) is 3.95. The van der Waals surface area contributed by atoms with Gasteiger partial charge in [-0.05, 0) is 25.0 Å². The summed E-state index contributed by atoms with van der Waals surface area (Å²) in [5.41, 5.74) is 0.987. The zero-order chi connectivity index (χ0) is 12.1. The van der Waals surface area contributed by atoms with Crippen LogP contribution in [0, 0.1) is 0 Å². The first kappa shape index (κ1) is 12.0. The molecule has 0 spiro atoms. The maximum atomic E-state index is 8.94. The van der Waals surface area contributed by atoms with Gasteiger partial charge < -0.3 is 19.3 Å². The van der Waals surface area contributed by atoms with Gasteiger partial charge in [0.1, 0.15) is 5.75 Å². The highest BCUT2D eigenvalue weighted by Gasteiger charge is 2.18. The Morgan fingerprint density at radius 3 is 2.88 bits per heavy atom. The molecule has 0 fully saturated rings. The summed E-state index contributed by atoms with van der Waals surface area (Å²) < 4.78 is 16.7. The topological polar surface area (TPSA) is 47.9 Å². The molecule has 0 bridgehead atoms. The van der Waals surface area contributed by atoms with Gasteiger partial charge in [-0.25, -0.2) is 0 Å². The highest BCUT2D eigenvalue weighted by molar-refractivity contribution is 5.54. The van der Waals surface area contributed by atoms with Crippen molar-refractivity contribution in [2.24, 2.45) is 0 Å². The smallest absolute Gasteiger partial charge is 0.168 e. The number of rotatable bonds is 4. The molecule has 4 heteroatoms. The third kappa shape index (κ3) is 2.64. The van der Waals surface area contributed by atoms with Gasteiger partial charge in [0.25, 0.3) is 0 Å². The van der Waals surface area contributed by atoms with Gasteiger partial charge in [-0.15, -0.1) is 0 Å². The largest absolute Gasteiger partial charge is 0.496 e. The monoisotopic (exact) mass is 238 g/mol. The molecule has 0 amide bonds. The maximum absolute atomic E-state index is 8.94. The van der Waals surface area contributed by atoms with E-state index < -0.39 is 0 Å². The van der Waals surface area contributed by atoms with Gasteiger partial charge in [0.2, 0.25) is 0 Å². The van der Waals surface area contributed by atoms with Gasteiger partial charge in [-0.3, -0.25) is 0 Å². The van der Waals surface area contributed by atoms with Crippen LogP contribution in [0.4, 0.5) is 0 Å². The van der Waals surface area contributed by atoms with Crippen LogP contribution >= 0.6 is 0 Å². The molecule has 2 rings (SSSR count). The SMILES string of the molecule is COc1ccc2c(c1CCCO)OCCCO2. The van der Waals surface area contributed by atoms with Crippen molar-refractivity contribution >= 4 is 0 Å². The first-order valence-electron chi connectivity index (χ1n) is 5.93. The van der Waals surface area contributed by atoms with E-state index in [4.69, 9.17) is 19.3 Å². The van der Waals surface area contributed by atoms with Crippen molar-refractivity contribution in [3.8, 4) is 17.2 Å². The third-order valence-electron chi connectivity index (χ3n) is 2.78. The molecule has 1 aromatic carbocycles. The number of methoxy groups -OCH3 is 1. The van der Waals surface area contributed by atoms with Crippen LogP contribution in [0.2, 0.25) is 0 Å². The highest BCUT2D eigenvalue weighted by Crippen LogP contribution is 2.39. The predicted octanol–water partition coefficient (Wildman–Crippen LogP) is 1.78. The van der Waals surface area contributed by atoms with Crippen molar-refractivity contribution in [3.63, 3.8) is 0 Å². The summed E-state index contributed by atoms with van der Waals surface area (Å²) in [7, 11) is 1.64. The fourth-order valence-corrected chi connectivity index (χ4v) is 1.96. The number of hydrogen-bond acceptors (Lipinski definition) is 4. The molecule has 0 saturated carbocycles. The molecule has 4 nitrogen and oxygen atoms in total. The van der Waals surface area contributed by atoms with Gasteiger partial charge in [-0.2, -0.15) is 0 Å². The number of benzene rings is 1. The molecule has 0 radical (unpaired) electrons. The van der Waals surface area contributed by atoms with Crippen molar-refractivity contribution in [2.75, 3.05) is 26.9 Å². The first-order valence-corrected chi connectivity index (χ1v) is 5.93. The fraction of sp³-hybridized carbons (Fsp3) is 0.538. The standard InChI is InChI=1S/C13H18O4/c1-15-11-5-6-12-13(10(11)4-2-7-14)17-9-3-8-16-12/h5-6,14H,2-4,7-9H2,1H3. The van der Waals surface area contributed by atoms with Crippen LogP contribution in [0.25, 0.3) is 0 Å². The van der Waals surface area contributed by atoms with Crippen LogP contribution in [0.3, 0.4) is 0 Å². The summed E-state index contributed by atoms with van der Waals surface area (Å²) in [5.74, 6) is 2.34. The zero-order valence-corrected chi connectivity index (χ0v) is 10.1. The lowest BCUT2D eigenvalue weighted by molar-refractivity contribution is 0.283.